The van der Waals surface area contributed by atoms with Gasteiger partial charge in [-0.25, -0.2) is 0 Å². The first-order valence-corrected chi connectivity index (χ1v) is 8.12. The van der Waals surface area contributed by atoms with Crippen molar-refractivity contribution in [2.24, 2.45) is 5.92 Å². The van der Waals surface area contributed by atoms with Crippen molar-refractivity contribution < 1.29 is 9.53 Å². The van der Waals surface area contributed by atoms with Gasteiger partial charge in [0.05, 0.1) is 6.61 Å². The molecule has 0 saturated heterocycles. The number of ether oxygens (including phenoxy) is 1. The van der Waals surface area contributed by atoms with Crippen LogP contribution in [0.5, 0.6) is 5.75 Å². The molecule has 0 aliphatic heterocycles. The Balaban J connectivity index is 1.34. The second kappa shape index (κ2) is 7.27. The van der Waals surface area contributed by atoms with Crippen molar-refractivity contribution in [3.8, 4) is 5.75 Å². The SMILES string of the molecule is Cc1ccccc1OCCCNC(=O)[C@@H]1C[C@@H]1c1cccnc1. The molecule has 1 aliphatic carbocycles. The van der Waals surface area contributed by atoms with Gasteiger partial charge in [-0.3, -0.25) is 9.78 Å². The number of hydrogen-bond donors (Lipinski definition) is 1. The lowest BCUT2D eigenvalue weighted by molar-refractivity contribution is -0.122. The third-order valence-electron chi connectivity index (χ3n) is 4.21. The van der Waals surface area contributed by atoms with E-state index in [0.29, 0.717) is 19.1 Å². The summed E-state index contributed by atoms with van der Waals surface area (Å²) in [7, 11) is 0. The van der Waals surface area contributed by atoms with E-state index in [4.69, 9.17) is 4.74 Å². The van der Waals surface area contributed by atoms with Gasteiger partial charge in [0.1, 0.15) is 5.75 Å². The Bertz CT molecular complexity index is 657. The predicted molar refractivity (Wildman–Crippen MR) is 89.4 cm³/mol. The van der Waals surface area contributed by atoms with Crippen LogP contribution >= 0.6 is 0 Å². The van der Waals surface area contributed by atoms with Gasteiger partial charge in [-0.05, 0) is 48.9 Å². The van der Waals surface area contributed by atoms with Crippen LogP contribution in [0, 0.1) is 12.8 Å². The third-order valence-corrected chi connectivity index (χ3v) is 4.21. The minimum atomic E-state index is 0.108. The summed E-state index contributed by atoms with van der Waals surface area (Å²) >= 11 is 0. The monoisotopic (exact) mass is 310 g/mol. The topological polar surface area (TPSA) is 51.2 Å². The molecule has 4 heteroatoms. The van der Waals surface area contributed by atoms with Crippen molar-refractivity contribution in [2.45, 2.75) is 25.7 Å². The number of rotatable bonds is 7. The predicted octanol–water partition coefficient (Wildman–Crippen LogP) is 3.08. The number of hydrogen-bond acceptors (Lipinski definition) is 3. The molecule has 1 aromatic carbocycles. The fourth-order valence-electron chi connectivity index (χ4n) is 2.76. The summed E-state index contributed by atoms with van der Waals surface area (Å²) in [6.07, 6.45) is 5.35. The highest BCUT2D eigenvalue weighted by atomic mass is 16.5. The van der Waals surface area contributed by atoms with Crippen molar-refractivity contribution >= 4 is 5.91 Å². The van der Waals surface area contributed by atoms with Gasteiger partial charge in [0, 0.05) is 24.9 Å². The second-order valence-electron chi connectivity index (χ2n) is 5.99. The summed E-state index contributed by atoms with van der Waals surface area (Å²) in [5.74, 6) is 1.51. The van der Waals surface area contributed by atoms with E-state index >= 15 is 0 Å². The lowest BCUT2D eigenvalue weighted by Gasteiger charge is -2.09. The summed E-state index contributed by atoms with van der Waals surface area (Å²) in [6, 6.07) is 11.9. The van der Waals surface area contributed by atoms with Crippen LogP contribution in [0.3, 0.4) is 0 Å². The molecule has 3 rings (SSSR count). The summed E-state index contributed by atoms with van der Waals surface area (Å²) in [6.45, 7) is 3.30. The number of pyridine rings is 1. The number of para-hydroxylation sites is 1. The van der Waals surface area contributed by atoms with Gasteiger partial charge in [0.25, 0.3) is 0 Å². The molecule has 2 aromatic rings. The Labute approximate surface area is 136 Å². The zero-order chi connectivity index (χ0) is 16.1. The molecule has 4 nitrogen and oxygen atoms in total. The quantitative estimate of drug-likeness (QED) is 0.800. The average molecular weight is 310 g/mol. The van der Waals surface area contributed by atoms with Crippen molar-refractivity contribution in [3.63, 3.8) is 0 Å². The Hall–Kier alpha value is -2.36. The summed E-state index contributed by atoms with van der Waals surface area (Å²) < 4.78 is 5.73. The van der Waals surface area contributed by atoms with Crippen molar-refractivity contribution in [2.75, 3.05) is 13.2 Å². The number of aryl methyl sites for hydroxylation is 1. The average Bonchev–Trinajstić information content (AvgIpc) is 3.37. The number of aromatic nitrogens is 1. The minimum Gasteiger partial charge on any atom is -0.493 e. The van der Waals surface area contributed by atoms with Crippen LogP contribution in [0.2, 0.25) is 0 Å². The van der Waals surface area contributed by atoms with Crippen molar-refractivity contribution in [1.82, 2.24) is 10.3 Å². The molecule has 1 aliphatic rings. The Morgan fingerprint density at radius 3 is 2.96 bits per heavy atom. The molecule has 0 spiro atoms. The van der Waals surface area contributed by atoms with Gasteiger partial charge in [-0.1, -0.05) is 24.3 Å². The third kappa shape index (κ3) is 4.09. The molecule has 1 aromatic heterocycles. The zero-order valence-electron chi connectivity index (χ0n) is 13.4. The Morgan fingerprint density at radius 1 is 1.30 bits per heavy atom. The first-order chi connectivity index (χ1) is 11.3. The van der Waals surface area contributed by atoms with E-state index in [1.165, 1.54) is 0 Å². The smallest absolute Gasteiger partial charge is 0.223 e. The molecule has 1 heterocycles. The van der Waals surface area contributed by atoms with Crippen LogP contribution in [0.4, 0.5) is 0 Å². The summed E-state index contributed by atoms with van der Waals surface area (Å²) in [5.41, 5.74) is 2.30. The van der Waals surface area contributed by atoms with Gasteiger partial charge in [-0.2, -0.15) is 0 Å². The van der Waals surface area contributed by atoms with Gasteiger partial charge < -0.3 is 10.1 Å². The highest BCUT2D eigenvalue weighted by Gasteiger charge is 2.43. The lowest BCUT2D eigenvalue weighted by atomic mass is 10.1. The number of benzene rings is 1. The van der Waals surface area contributed by atoms with E-state index in [2.05, 4.69) is 10.3 Å². The van der Waals surface area contributed by atoms with Crippen LogP contribution in [0.1, 0.15) is 29.9 Å². The van der Waals surface area contributed by atoms with E-state index in [-0.39, 0.29) is 11.8 Å². The van der Waals surface area contributed by atoms with Crippen LogP contribution in [-0.4, -0.2) is 24.0 Å². The second-order valence-corrected chi connectivity index (χ2v) is 5.99. The maximum Gasteiger partial charge on any atom is 0.223 e. The number of nitrogens with one attached hydrogen (secondary N) is 1. The van der Waals surface area contributed by atoms with Crippen molar-refractivity contribution in [1.29, 1.82) is 0 Å². The van der Waals surface area contributed by atoms with Crippen LogP contribution < -0.4 is 10.1 Å². The van der Waals surface area contributed by atoms with Gasteiger partial charge in [0.15, 0.2) is 0 Å². The van der Waals surface area contributed by atoms with Gasteiger partial charge in [0.2, 0.25) is 5.91 Å². The normalized spacial score (nSPS) is 19.2. The number of nitrogens with zero attached hydrogens (tertiary/aromatic N) is 1. The number of carbonyl (C=O) groups excluding carboxylic acids is 1. The minimum absolute atomic E-state index is 0.108. The molecule has 1 fully saturated rings. The molecule has 1 N–H and O–H groups in total. The van der Waals surface area contributed by atoms with E-state index in [1.54, 1.807) is 6.20 Å². The number of carbonyl (C=O) groups is 1. The largest absolute Gasteiger partial charge is 0.493 e. The molecule has 1 saturated carbocycles. The molecule has 2 atom stereocenters. The highest BCUT2D eigenvalue weighted by molar-refractivity contribution is 5.82. The molecule has 0 radical (unpaired) electrons. The summed E-state index contributed by atoms with van der Waals surface area (Å²) in [4.78, 5) is 16.2. The van der Waals surface area contributed by atoms with E-state index < -0.39 is 0 Å². The molecular weight excluding hydrogens is 288 g/mol. The van der Waals surface area contributed by atoms with Crippen LogP contribution in [-0.2, 0) is 4.79 Å². The molecule has 23 heavy (non-hydrogen) atoms. The van der Waals surface area contributed by atoms with Crippen molar-refractivity contribution in [3.05, 3.63) is 59.9 Å². The van der Waals surface area contributed by atoms with Gasteiger partial charge >= 0.3 is 0 Å². The first-order valence-electron chi connectivity index (χ1n) is 8.12. The highest BCUT2D eigenvalue weighted by Crippen LogP contribution is 2.47. The van der Waals surface area contributed by atoms with E-state index in [0.717, 1.165) is 29.7 Å². The first kappa shape index (κ1) is 15.5. The zero-order valence-corrected chi connectivity index (χ0v) is 13.4. The Morgan fingerprint density at radius 2 is 2.17 bits per heavy atom. The lowest BCUT2D eigenvalue weighted by Crippen LogP contribution is -2.27. The molecule has 0 unspecified atom stereocenters. The standard InChI is InChI=1S/C19H22N2O2/c1-14-6-2-3-8-18(14)23-11-5-10-21-19(22)17-12-16(17)15-7-4-9-20-13-15/h2-4,6-9,13,16-17H,5,10-12H2,1H3,(H,21,22)/t16-,17-/m1/s1. The van der Waals surface area contributed by atoms with Gasteiger partial charge in [-0.15, -0.1) is 0 Å². The maximum absolute atomic E-state index is 12.1. The van der Waals surface area contributed by atoms with E-state index in [1.807, 2.05) is 49.5 Å². The maximum atomic E-state index is 12.1. The molecule has 1 amide bonds. The molecule has 0 bridgehead atoms. The fraction of sp³-hybridized carbons (Fsp3) is 0.368. The van der Waals surface area contributed by atoms with E-state index in [9.17, 15) is 4.79 Å². The van der Waals surface area contributed by atoms with Crippen LogP contribution in [0.25, 0.3) is 0 Å². The molecule has 120 valence electrons. The Kier molecular flexibility index (Phi) is 4.91. The fourth-order valence-corrected chi connectivity index (χ4v) is 2.76. The number of amides is 1. The molecular formula is C19H22N2O2. The summed E-state index contributed by atoms with van der Waals surface area (Å²) in [5, 5.41) is 3.01. The van der Waals surface area contributed by atoms with Crippen LogP contribution in [0.15, 0.2) is 48.8 Å².